The normalized spacial score (nSPS) is 25.0. The summed E-state index contributed by atoms with van der Waals surface area (Å²) in [4.78, 5) is 27.5. The number of aryl methyl sites for hydroxylation is 1. The van der Waals surface area contributed by atoms with Crippen molar-refractivity contribution < 1.29 is 14.3 Å². The van der Waals surface area contributed by atoms with Gasteiger partial charge in [-0.25, -0.2) is 4.79 Å². The molecule has 1 aromatic heterocycles. The van der Waals surface area contributed by atoms with Gasteiger partial charge in [-0.1, -0.05) is 13.3 Å². The monoisotopic (exact) mass is 292 g/mol. The third-order valence-corrected chi connectivity index (χ3v) is 4.19. The van der Waals surface area contributed by atoms with Gasteiger partial charge in [-0.15, -0.1) is 0 Å². The van der Waals surface area contributed by atoms with E-state index in [2.05, 4.69) is 17.1 Å². The molecule has 0 radical (unpaired) electrons. The number of likely N-dealkylation sites (N-methyl/N-ethyl adjacent to an activating group) is 1. The summed E-state index contributed by atoms with van der Waals surface area (Å²) in [5.41, 5.74) is 0.978. The van der Waals surface area contributed by atoms with Crippen LogP contribution in [0, 0.1) is 0 Å². The van der Waals surface area contributed by atoms with Crippen LogP contribution in [0.15, 0.2) is 6.20 Å². The van der Waals surface area contributed by atoms with Gasteiger partial charge in [-0.2, -0.15) is 5.10 Å². The van der Waals surface area contributed by atoms with E-state index in [4.69, 9.17) is 4.74 Å². The summed E-state index contributed by atoms with van der Waals surface area (Å²) in [6.45, 7) is 3.67. The molecule has 1 N–H and O–H groups in total. The number of ether oxygens (including phenoxy) is 1. The lowest BCUT2D eigenvalue weighted by Gasteiger charge is -2.21. The summed E-state index contributed by atoms with van der Waals surface area (Å²) in [5, 5.41) is 6.88. The average Bonchev–Trinajstić information content (AvgIpc) is 3.12. The van der Waals surface area contributed by atoms with Crippen LogP contribution in [0.1, 0.15) is 35.8 Å². The number of nitrogens with zero attached hydrogens (tertiary/aromatic N) is 3. The average molecular weight is 292 g/mol. The fourth-order valence-corrected chi connectivity index (χ4v) is 3.13. The van der Waals surface area contributed by atoms with Gasteiger partial charge >= 0.3 is 6.09 Å². The molecule has 1 aromatic rings. The van der Waals surface area contributed by atoms with Crippen LogP contribution in [0.3, 0.4) is 0 Å². The first-order chi connectivity index (χ1) is 10.0. The first-order valence-electron chi connectivity index (χ1n) is 7.30. The third-order valence-electron chi connectivity index (χ3n) is 4.19. The number of H-pyrrole nitrogens is 1. The Morgan fingerprint density at radius 2 is 2.33 bits per heavy atom. The van der Waals surface area contributed by atoms with Crippen molar-refractivity contribution in [2.24, 2.45) is 0 Å². The van der Waals surface area contributed by atoms with Gasteiger partial charge in [0.15, 0.2) is 5.60 Å². The van der Waals surface area contributed by atoms with E-state index in [9.17, 15) is 9.59 Å². The third kappa shape index (κ3) is 2.36. The Bertz CT molecular complexity index is 570. The van der Waals surface area contributed by atoms with Crippen molar-refractivity contribution in [1.29, 1.82) is 0 Å². The summed E-state index contributed by atoms with van der Waals surface area (Å²) in [5.74, 6) is -0.0327. The first kappa shape index (κ1) is 13.9. The Hall–Kier alpha value is -2.05. The highest BCUT2D eigenvalue weighted by Gasteiger charge is 2.49. The maximum absolute atomic E-state index is 12.6. The predicted molar refractivity (Wildman–Crippen MR) is 74.9 cm³/mol. The topological polar surface area (TPSA) is 78.5 Å². The molecule has 2 aliphatic rings. The van der Waals surface area contributed by atoms with Crippen molar-refractivity contribution >= 4 is 12.0 Å². The van der Waals surface area contributed by atoms with Gasteiger partial charge in [0.1, 0.15) is 0 Å². The Labute approximate surface area is 123 Å². The highest BCUT2D eigenvalue weighted by atomic mass is 16.6. The molecule has 0 saturated carbocycles. The number of aromatic amines is 1. The smallest absolute Gasteiger partial charge is 0.410 e. The molecular weight excluding hydrogens is 272 g/mol. The number of nitrogens with one attached hydrogen (secondary N) is 1. The number of hydrogen-bond donors (Lipinski definition) is 1. The lowest BCUT2D eigenvalue weighted by molar-refractivity contribution is 0.0552. The van der Waals surface area contributed by atoms with Gasteiger partial charge in [0, 0.05) is 25.7 Å². The van der Waals surface area contributed by atoms with Gasteiger partial charge < -0.3 is 14.5 Å². The van der Waals surface area contributed by atoms with Crippen molar-refractivity contribution in [2.45, 2.75) is 31.8 Å². The van der Waals surface area contributed by atoms with Crippen molar-refractivity contribution in [1.82, 2.24) is 20.0 Å². The summed E-state index contributed by atoms with van der Waals surface area (Å²) in [7, 11) is 1.72. The molecule has 21 heavy (non-hydrogen) atoms. The molecule has 2 aliphatic heterocycles. The van der Waals surface area contributed by atoms with Crippen LogP contribution in [0.4, 0.5) is 4.79 Å². The minimum Gasteiger partial charge on any atom is -0.439 e. The molecule has 0 aromatic carbocycles. The van der Waals surface area contributed by atoms with E-state index >= 15 is 0 Å². The van der Waals surface area contributed by atoms with E-state index in [1.165, 1.54) is 0 Å². The fraction of sp³-hybridized carbons (Fsp3) is 0.643. The zero-order valence-corrected chi connectivity index (χ0v) is 12.4. The number of rotatable bonds is 3. The SMILES string of the molecule is CCCc1[nH]ncc1C(=O)N1CCC2(CN(C)C(=O)O2)C1. The van der Waals surface area contributed by atoms with Gasteiger partial charge in [-0.3, -0.25) is 9.89 Å². The molecule has 0 bridgehead atoms. The van der Waals surface area contributed by atoms with Crippen molar-refractivity contribution in [2.75, 3.05) is 26.7 Å². The standard InChI is InChI=1S/C14H20N4O3/c1-3-4-11-10(7-15-16-11)12(19)18-6-5-14(9-18)8-17(2)13(20)21-14/h7H,3-6,8-9H2,1-2H3,(H,15,16). The number of carbonyl (C=O) groups excluding carboxylic acids is 2. The molecule has 7 heteroatoms. The summed E-state index contributed by atoms with van der Waals surface area (Å²) < 4.78 is 5.47. The minimum atomic E-state index is -0.532. The lowest BCUT2D eigenvalue weighted by Crippen LogP contribution is -2.39. The molecule has 1 atom stereocenters. The number of carbonyl (C=O) groups is 2. The zero-order chi connectivity index (χ0) is 15.0. The molecule has 3 heterocycles. The first-order valence-corrected chi connectivity index (χ1v) is 7.30. The largest absolute Gasteiger partial charge is 0.439 e. The second-order valence-electron chi connectivity index (χ2n) is 5.90. The van der Waals surface area contributed by atoms with Gasteiger partial charge in [0.2, 0.25) is 0 Å². The molecule has 3 rings (SSSR count). The van der Waals surface area contributed by atoms with Crippen LogP contribution in [-0.2, 0) is 11.2 Å². The zero-order valence-electron chi connectivity index (χ0n) is 12.4. The molecule has 2 fully saturated rings. The Morgan fingerprint density at radius 3 is 3.00 bits per heavy atom. The van der Waals surface area contributed by atoms with Gasteiger partial charge in [-0.05, 0) is 6.42 Å². The highest BCUT2D eigenvalue weighted by Crippen LogP contribution is 2.32. The van der Waals surface area contributed by atoms with E-state index in [0.29, 0.717) is 31.6 Å². The quantitative estimate of drug-likeness (QED) is 0.902. The maximum atomic E-state index is 12.6. The maximum Gasteiger partial charge on any atom is 0.410 e. The summed E-state index contributed by atoms with van der Waals surface area (Å²) >= 11 is 0. The minimum absolute atomic E-state index is 0.0327. The van der Waals surface area contributed by atoms with E-state index in [1.807, 2.05) is 0 Å². The molecule has 2 saturated heterocycles. The molecule has 114 valence electrons. The summed E-state index contributed by atoms with van der Waals surface area (Å²) in [6, 6.07) is 0. The molecular formula is C14H20N4O3. The highest BCUT2D eigenvalue weighted by molar-refractivity contribution is 5.95. The van der Waals surface area contributed by atoms with Gasteiger partial charge in [0.25, 0.3) is 5.91 Å². The Morgan fingerprint density at radius 1 is 1.52 bits per heavy atom. The van der Waals surface area contributed by atoms with Gasteiger partial charge in [0.05, 0.1) is 24.8 Å². The second kappa shape index (κ2) is 5.05. The fourth-order valence-electron chi connectivity index (χ4n) is 3.13. The number of amides is 2. The van der Waals surface area contributed by atoms with E-state index < -0.39 is 5.60 Å². The van der Waals surface area contributed by atoms with Crippen LogP contribution in [0.2, 0.25) is 0 Å². The number of aromatic nitrogens is 2. The Balaban J connectivity index is 1.73. The van der Waals surface area contributed by atoms with E-state index in [1.54, 1.807) is 23.0 Å². The van der Waals surface area contributed by atoms with E-state index in [0.717, 1.165) is 18.5 Å². The molecule has 1 unspecified atom stereocenters. The van der Waals surface area contributed by atoms with Crippen molar-refractivity contribution in [3.05, 3.63) is 17.5 Å². The van der Waals surface area contributed by atoms with Crippen LogP contribution < -0.4 is 0 Å². The predicted octanol–water partition coefficient (Wildman–Crippen LogP) is 1.03. The molecule has 1 spiro atoms. The van der Waals surface area contributed by atoms with E-state index in [-0.39, 0.29) is 12.0 Å². The molecule has 7 nitrogen and oxygen atoms in total. The number of hydrogen-bond acceptors (Lipinski definition) is 4. The van der Waals surface area contributed by atoms with Crippen molar-refractivity contribution in [3.63, 3.8) is 0 Å². The summed E-state index contributed by atoms with van der Waals surface area (Å²) in [6.07, 6.45) is 3.73. The lowest BCUT2D eigenvalue weighted by atomic mass is 10.0. The molecule has 0 aliphatic carbocycles. The van der Waals surface area contributed by atoms with Crippen LogP contribution in [-0.4, -0.2) is 64.3 Å². The Kier molecular flexibility index (Phi) is 3.35. The van der Waals surface area contributed by atoms with Crippen molar-refractivity contribution in [3.8, 4) is 0 Å². The van der Waals surface area contributed by atoms with Crippen LogP contribution >= 0.6 is 0 Å². The second-order valence-corrected chi connectivity index (χ2v) is 5.90. The van der Waals surface area contributed by atoms with Crippen LogP contribution in [0.5, 0.6) is 0 Å². The number of likely N-dealkylation sites (tertiary alicyclic amines) is 1. The van der Waals surface area contributed by atoms with Crippen LogP contribution in [0.25, 0.3) is 0 Å². The molecule has 2 amide bonds.